The number of carbonyl (C=O) groups excluding carboxylic acids is 1. The van der Waals surface area contributed by atoms with Crippen LogP contribution in [-0.2, 0) is 11.8 Å². The molecule has 0 fully saturated rings. The number of imidazole rings is 1. The third kappa shape index (κ3) is 2.01. The summed E-state index contributed by atoms with van der Waals surface area (Å²) in [5.74, 6) is -0.487. The van der Waals surface area contributed by atoms with E-state index >= 15 is 0 Å². The standard InChI is InChI=1S/C11H12N4O2/c1-7-10(11(16)17-3)14-8(4-13-7)9-5-12-6-15(9)2/h4-6H,1-3H3. The molecule has 6 nitrogen and oxygen atoms in total. The highest BCUT2D eigenvalue weighted by Crippen LogP contribution is 2.16. The first-order valence-electron chi connectivity index (χ1n) is 5.02. The zero-order chi connectivity index (χ0) is 12.4. The van der Waals surface area contributed by atoms with E-state index in [9.17, 15) is 4.79 Å². The molecule has 0 bridgehead atoms. The second kappa shape index (κ2) is 4.32. The summed E-state index contributed by atoms with van der Waals surface area (Å²) < 4.78 is 6.46. The van der Waals surface area contributed by atoms with Gasteiger partial charge in [-0.25, -0.2) is 14.8 Å². The highest BCUT2D eigenvalue weighted by Gasteiger charge is 2.15. The molecule has 0 N–H and O–H groups in total. The third-order valence-corrected chi connectivity index (χ3v) is 2.41. The molecule has 0 aromatic carbocycles. The van der Waals surface area contributed by atoms with Crippen molar-refractivity contribution in [2.75, 3.05) is 7.11 Å². The Balaban J connectivity index is 2.52. The summed E-state index contributed by atoms with van der Waals surface area (Å²) in [7, 11) is 3.17. The van der Waals surface area contributed by atoms with Gasteiger partial charge in [0.15, 0.2) is 5.69 Å². The summed E-state index contributed by atoms with van der Waals surface area (Å²) in [6.07, 6.45) is 4.94. The molecule has 2 rings (SSSR count). The number of hydrogen-bond donors (Lipinski definition) is 0. The van der Waals surface area contributed by atoms with Gasteiger partial charge in [-0.15, -0.1) is 0 Å². The molecule has 2 aromatic rings. The van der Waals surface area contributed by atoms with Gasteiger partial charge in [0.05, 0.1) is 37.2 Å². The van der Waals surface area contributed by atoms with E-state index in [2.05, 4.69) is 19.7 Å². The summed E-state index contributed by atoms with van der Waals surface area (Å²) in [6.45, 7) is 1.71. The Hall–Kier alpha value is -2.24. The molecule has 6 heteroatoms. The molecule has 0 aliphatic carbocycles. The number of ether oxygens (including phenoxy) is 1. The van der Waals surface area contributed by atoms with Crippen LogP contribution in [0.5, 0.6) is 0 Å². The van der Waals surface area contributed by atoms with Crippen LogP contribution < -0.4 is 0 Å². The molecular weight excluding hydrogens is 220 g/mol. The normalized spacial score (nSPS) is 10.3. The van der Waals surface area contributed by atoms with Crippen molar-refractivity contribution in [3.63, 3.8) is 0 Å². The van der Waals surface area contributed by atoms with Crippen molar-refractivity contribution >= 4 is 5.97 Å². The molecule has 0 aliphatic heterocycles. The largest absolute Gasteiger partial charge is 0.464 e. The minimum atomic E-state index is -0.487. The SMILES string of the molecule is COC(=O)c1nc(-c2cncn2C)cnc1C. The van der Waals surface area contributed by atoms with E-state index in [0.717, 1.165) is 5.69 Å². The zero-order valence-corrected chi connectivity index (χ0v) is 9.84. The second-order valence-electron chi connectivity index (χ2n) is 3.57. The Labute approximate surface area is 98.3 Å². The fourth-order valence-electron chi connectivity index (χ4n) is 1.47. The summed E-state index contributed by atoms with van der Waals surface area (Å²) in [6, 6.07) is 0. The van der Waals surface area contributed by atoms with Gasteiger partial charge in [0.25, 0.3) is 0 Å². The minimum absolute atomic E-state index is 0.228. The van der Waals surface area contributed by atoms with Gasteiger partial charge in [-0.2, -0.15) is 0 Å². The van der Waals surface area contributed by atoms with E-state index in [-0.39, 0.29) is 5.69 Å². The number of methoxy groups -OCH3 is 1. The number of carbonyl (C=O) groups is 1. The number of hydrogen-bond acceptors (Lipinski definition) is 5. The Morgan fingerprint density at radius 3 is 2.76 bits per heavy atom. The minimum Gasteiger partial charge on any atom is -0.464 e. The van der Waals surface area contributed by atoms with E-state index < -0.39 is 5.97 Å². The predicted octanol–water partition coefficient (Wildman–Crippen LogP) is 0.972. The van der Waals surface area contributed by atoms with Crippen LogP contribution in [0.3, 0.4) is 0 Å². The quantitative estimate of drug-likeness (QED) is 0.721. The smallest absolute Gasteiger partial charge is 0.358 e. The molecule has 2 heterocycles. The maximum absolute atomic E-state index is 11.5. The molecule has 0 amide bonds. The maximum Gasteiger partial charge on any atom is 0.358 e. The average molecular weight is 232 g/mol. The second-order valence-corrected chi connectivity index (χ2v) is 3.57. The van der Waals surface area contributed by atoms with Gasteiger partial charge in [0.2, 0.25) is 0 Å². The molecule has 2 aromatic heterocycles. The Morgan fingerprint density at radius 1 is 1.41 bits per heavy atom. The van der Waals surface area contributed by atoms with Gasteiger partial charge in [-0.3, -0.25) is 4.98 Å². The van der Waals surface area contributed by atoms with E-state index in [1.54, 1.807) is 30.2 Å². The van der Waals surface area contributed by atoms with E-state index in [1.165, 1.54) is 7.11 Å². The van der Waals surface area contributed by atoms with Gasteiger partial charge in [0.1, 0.15) is 5.69 Å². The molecule has 88 valence electrons. The van der Waals surface area contributed by atoms with Crippen molar-refractivity contribution < 1.29 is 9.53 Å². The van der Waals surface area contributed by atoms with Crippen LogP contribution in [0.1, 0.15) is 16.2 Å². The fourth-order valence-corrected chi connectivity index (χ4v) is 1.47. The van der Waals surface area contributed by atoms with Gasteiger partial charge in [-0.05, 0) is 6.92 Å². The van der Waals surface area contributed by atoms with Crippen molar-refractivity contribution in [1.82, 2.24) is 19.5 Å². The molecule has 0 spiro atoms. The first-order chi connectivity index (χ1) is 8.13. The lowest BCUT2D eigenvalue weighted by molar-refractivity contribution is 0.0592. The van der Waals surface area contributed by atoms with E-state index in [1.807, 2.05) is 7.05 Å². The maximum atomic E-state index is 11.5. The van der Waals surface area contributed by atoms with Crippen LogP contribution in [0.15, 0.2) is 18.7 Å². The van der Waals surface area contributed by atoms with Crippen LogP contribution in [0.4, 0.5) is 0 Å². The summed E-state index contributed by atoms with van der Waals surface area (Å²) in [5.41, 5.74) is 2.16. The van der Waals surface area contributed by atoms with Gasteiger partial charge in [0, 0.05) is 7.05 Å². The van der Waals surface area contributed by atoms with Crippen LogP contribution in [-0.4, -0.2) is 32.6 Å². The van der Waals surface area contributed by atoms with Crippen molar-refractivity contribution in [1.29, 1.82) is 0 Å². The molecule has 0 unspecified atom stereocenters. The number of aromatic nitrogens is 4. The summed E-state index contributed by atoms with van der Waals surface area (Å²) in [4.78, 5) is 23.9. The molecular formula is C11H12N4O2. The topological polar surface area (TPSA) is 69.9 Å². The zero-order valence-electron chi connectivity index (χ0n) is 9.84. The number of esters is 1. The van der Waals surface area contributed by atoms with Crippen molar-refractivity contribution in [2.24, 2.45) is 7.05 Å². The van der Waals surface area contributed by atoms with Crippen molar-refractivity contribution in [2.45, 2.75) is 6.92 Å². The monoisotopic (exact) mass is 232 g/mol. The molecule has 0 saturated carbocycles. The van der Waals surface area contributed by atoms with Crippen LogP contribution >= 0.6 is 0 Å². The number of aryl methyl sites for hydroxylation is 2. The lowest BCUT2D eigenvalue weighted by atomic mass is 10.3. The van der Waals surface area contributed by atoms with Crippen LogP contribution in [0.2, 0.25) is 0 Å². The Morgan fingerprint density at radius 2 is 2.18 bits per heavy atom. The van der Waals surface area contributed by atoms with Crippen LogP contribution in [0, 0.1) is 6.92 Å². The summed E-state index contributed by atoms with van der Waals surface area (Å²) in [5, 5.41) is 0. The van der Waals surface area contributed by atoms with Crippen molar-refractivity contribution in [3.8, 4) is 11.4 Å². The molecule has 17 heavy (non-hydrogen) atoms. The van der Waals surface area contributed by atoms with E-state index in [0.29, 0.717) is 11.4 Å². The van der Waals surface area contributed by atoms with Crippen LogP contribution in [0.25, 0.3) is 11.4 Å². The van der Waals surface area contributed by atoms with Gasteiger partial charge in [-0.1, -0.05) is 0 Å². The highest BCUT2D eigenvalue weighted by atomic mass is 16.5. The Kier molecular flexibility index (Phi) is 2.86. The van der Waals surface area contributed by atoms with Gasteiger partial charge < -0.3 is 9.30 Å². The highest BCUT2D eigenvalue weighted by molar-refractivity contribution is 5.88. The molecule has 0 radical (unpaired) electrons. The first kappa shape index (κ1) is 11.3. The fraction of sp³-hybridized carbons (Fsp3) is 0.273. The average Bonchev–Trinajstić information content (AvgIpc) is 2.75. The summed E-state index contributed by atoms with van der Waals surface area (Å²) >= 11 is 0. The number of rotatable bonds is 2. The Bertz CT molecular complexity index is 562. The predicted molar refractivity (Wildman–Crippen MR) is 60.3 cm³/mol. The number of nitrogens with zero attached hydrogens (tertiary/aromatic N) is 4. The molecule has 0 atom stereocenters. The van der Waals surface area contributed by atoms with Crippen molar-refractivity contribution in [3.05, 3.63) is 30.1 Å². The molecule has 0 saturated heterocycles. The molecule has 0 aliphatic rings. The first-order valence-corrected chi connectivity index (χ1v) is 5.02. The lowest BCUT2D eigenvalue weighted by Crippen LogP contribution is -2.09. The lowest BCUT2D eigenvalue weighted by Gasteiger charge is -2.05. The third-order valence-electron chi connectivity index (χ3n) is 2.41. The van der Waals surface area contributed by atoms with Gasteiger partial charge >= 0.3 is 5.97 Å². The van der Waals surface area contributed by atoms with E-state index in [4.69, 9.17) is 0 Å².